The standard InChI is InChI=1S/C28H28ClF2N3O6/c1-5-37-26(35)19-14-34(27(36)39-28(2,3)4)11-10-18(19)16-6-9-23(32-13-16)38-15-17-12-22(33-40-17)24-20(30)7-8-21(31)25(24)29/h6-9,12-13H,5,10-11,14-15H2,1-4H3. The first kappa shape index (κ1) is 29.0. The van der Waals surface area contributed by atoms with E-state index in [9.17, 15) is 18.4 Å². The van der Waals surface area contributed by atoms with Gasteiger partial charge >= 0.3 is 12.1 Å². The van der Waals surface area contributed by atoms with E-state index in [1.54, 1.807) is 46.0 Å². The molecule has 12 heteroatoms. The normalized spacial score (nSPS) is 13.8. The number of hydrogen-bond acceptors (Lipinski definition) is 8. The molecule has 0 spiro atoms. The molecule has 1 aliphatic heterocycles. The molecule has 40 heavy (non-hydrogen) atoms. The summed E-state index contributed by atoms with van der Waals surface area (Å²) >= 11 is 5.89. The van der Waals surface area contributed by atoms with Crippen molar-refractivity contribution in [3.05, 3.63) is 70.1 Å². The summed E-state index contributed by atoms with van der Waals surface area (Å²) in [5.74, 6) is -1.54. The second kappa shape index (κ2) is 12.0. The zero-order valence-corrected chi connectivity index (χ0v) is 23.2. The highest BCUT2D eigenvalue weighted by atomic mass is 35.5. The van der Waals surface area contributed by atoms with Gasteiger partial charge in [-0.1, -0.05) is 16.8 Å². The van der Waals surface area contributed by atoms with E-state index in [-0.39, 0.29) is 42.7 Å². The van der Waals surface area contributed by atoms with Crippen molar-refractivity contribution in [2.75, 3.05) is 19.7 Å². The number of esters is 1. The quantitative estimate of drug-likeness (QED) is 0.242. The number of nitrogens with zero attached hydrogens (tertiary/aromatic N) is 3. The zero-order valence-electron chi connectivity index (χ0n) is 22.4. The van der Waals surface area contributed by atoms with Gasteiger partial charge in [0.25, 0.3) is 0 Å². The first-order valence-corrected chi connectivity index (χ1v) is 12.9. The summed E-state index contributed by atoms with van der Waals surface area (Å²) in [6.07, 6.45) is 1.45. The van der Waals surface area contributed by atoms with Crippen molar-refractivity contribution in [3.63, 3.8) is 0 Å². The molecule has 1 aliphatic rings. The Kier molecular flexibility index (Phi) is 8.73. The molecule has 0 saturated carbocycles. The van der Waals surface area contributed by atoms with E-state index in [2.05, 4.69) is 10.1 Å². The topological polar surface area (TPSA) is 104 Å². The van der Waals surface area contributed by atoms with Gasteiger partial charge in [-0.05, 0) is 63.5 Å². The maximum Gasteiger partial charge on any atom is 0.410 e. The lowest BCUT2D eigenvalue weighted by Crippen LogP contribution is -2.42. The molecule has 212 valence electrons. The van der Waals surface area contributed by atoms with Crippen LogP contribution >= 0.6 is 11.6 Å². The molecular weight excluding hydrogens is 548 g/mol. The summed E-state index contributed by atoms with van der Waals surface area (Å²) in [4.78, 5) is 31.1. The predicted molar refractivity (Wildman–Crippen MR) is 141 cm³/mol. The number of carbonyl (C=O) groups excluding carboxylic acids is 2. The summed E-state index contributed by atoms with van der Waals surface area (Å²) in [6, 6.07) is 6.64. The van der Waals surface area contributed by atoms with E-state index < -0.39 is 34.3 Å². The fourth-order valence-corrected chi connectivity index (χ4v) is 4.27. The van der Waals surface area contributed by atoms with Crippen LogP contribution in [0.15, 0.2) is 46.6 Å². The summed E-state index contributed by atoms with van der Waals surface area (Å²) in [5.41, 5.74) is 0.902. The van der Waals surface area contributed by atoms with Gasteiger partial charge in [-0.25, -0.2) is 23.4 Å². The third kappa shape index (κ3) is 6.77. The number of hydrogen-bond donors (Lipinski definition) is 0. The predicted octanol–water partition coefficient (Wildman–Crippen LogP) is 6.20. The van der Waals surface area contributed by atoms with Gasteiger partial charge in [0.1, 0.15) is 22.9 Å². The molecule has 1 amide bonds. The summed E-state index contributed by atoms with van der Waals surface area (Å²) in [6.45, 7) is 7.54. The minimum atomic E-state index is -0.778. The molecule has 9 nitrogen and oxygen atoms in total. The van der Waals surface area contributed by atoms with Crippen LogP contribution in [-0.2, 0) is 20.9 Å². The van der Waals surface area contributed by atoms with E-state index in [4.69, 9.17) is 30.3 Å². The highest BCUT2D eigenvalue weighted by molar-refractivity contribution is 6.33. The maximum atomic E-state index is 14.2. The number of carbonyl (C=O) groups is 2. The average Bonchev–Trinajstić information content (AvgIpc) is 3.37. The van der Waals surface area contributed by atoms with Crippen LogP contribution in [0.3, 0.4) is 0 Å². The maximum absolute atomic E-state index is 14.2. The molecule has 2 aromatic heterocycles. The Balaban J connectivity index is 1.47. The first-order valence-electron chi connectivity index (χ1n) is 12.5. The lowest BCUT2D eigenvalue weighted by molar-refractivity contribution is -0.138. The van der Waals surface area contributed by atoms with Gasteiger partial charge in [-0.2, -0.15) is 0 Å². The fourth-order valence-electron chi connectivity index (χ4n) is 4.02. The third-order valence-corrected chi connectivity index (χ3v) is 6.19. The lowest BCUT2D eigenvalue weighted by Gasteiger charge is -2.32. The lowest BCUT2D eigenvalue weighted by atomic mass is 9.94. The van der Waals surface area contributed by atoms with Crippen LogP contribution in [0, 0.1) is 11.6 Å². The van der Waals surface area contributed by atoms with Crippen molar-refractivity contribution in [1.29, 1.82) is 0 Å². The van der Waals surface area contributed by atoms with Gasteiger partial charge in [0.15, 0.2) is 12.4 Å². The molecule has 0 radical (unpaired) electrons. The molecule has 0 atom stereocenters. The van der Waals surface area contributed by atoms with E-state index in [0.29, 0.717) is 29.7 Å². The molecule has 3 aromatic rings. The number of amides is 1. The van der Waals surface area contributed by atoms with Crippen LogP contribution in [0.1, 0.15) is 45.4 Å². The van der Waals surface area contributed by atoms with Crippen molar-refractivity contribution < 1.29 is 37.1 Å². The molecule has 0 bridgehead atoms. The first-order chi connectivity index (χ1) is 19.0. The highest BCUT2D eigenvalue weighted by Crippen LogP contribution is 2.33. The molecular formula is C28H28ClF2N3O6. The number of ether oxygens (including phenoxy) is 3. The van der Waals surface area contributed by atoms with E-state index >= 15 is 0 Å². The number of aromatic nitrogens is 2. The molecule has 4 rings (SSSR count). The van der Waals surface area contributed by atoms with Crippen molar-refractivity contribution in [2.24, 2.45) is 0 Å². The number of halogens is 3. The summed E-state index contributed by atoms with van der Waals surface area (Å²) in [5, 5.41) is 3.36. The second-order valence-electron chi connectivity index (χ2n) is 9.90. The van der Waals surface area contributed by atoms with Crippen LogP contribution in [0.5, 0.6) is 5.88 Å². The van der Waals surface area contributed by atoms with Crippen molar-refractivity contribution >= 4 is 29.2 Å². The molecule has 0 unspecified atom stereocenters. The molecule has 3 heterocycles. The Hall–Kier alpha value is -3.99. The number of rotatable bonds is 7. The fraction of sp³-hybridized carbons (Fsp3) is 0.357. The van der Waals surface area contributed by atoms with Crippen LogP contribution in [0.25, 0.3) is 16.8 Å². The van der Waals surface area contributed by atoms with E-state index in [1.165, 1.54) is 11.0 Å². The Labute approximate surface area is 234 Å². The van der Waals surface area contributed by atoms with Gasteiger partial charge < -0.3 is 23.6 Å². The zero-order chi connectivity index (χ0) is 29.0. The second-order valence-corrected chi connectivity index (χ2v) is 10.3. The van der Waals surface area contributed by atoms with Gasteiger partial charge in [0.05, 0.1) is 29.3 Å². The third-order valence-electron chi connectivity index (χ3n) is 5.82. The minimum Gasteiger partial charge on any atom is -0.469 e. The monoisotopic (exact) mass is 575 g/mol. The van der Waals surface area contributed by atoms with Crippen LogP contribution in [0.2, 0.25) is 5.02 Å². The Bertz CT molecular complexity index is 1430. The Morgan fingerprint density at radius 1 is 1.15 bits per heavy atom. The number of pyridine rings is 1. The summed E-state index contributed by atoms with van der Waals surface area (Å²) < 4.78 is 49.5. The Morgan fingerprint density at radius 2 is 1.90 bits per heavy atom. The Morgan fingerprint density at radius 3 is 2.58 bits per heavy atom. The van der Waals surface area contributed by atoms with Crippen molar-refractivity contribution in [2.45, 2.75) is 46.3 Å². The highest BCUT2D eigenvalue weighted by Gasteiger charge is 2.31. The van der Waals surface area contributed by atoms with Crippen molar-refractivity contribution in [1.82, 2.24) is 15.0 Å². The van der Waals surface area contributed by atoms with E-state index in [0.717, 1.165) is 12.1 Å². The van der Waals surface area contributed by atoms with Crippen LogP contribution < -0.4 is 4.74 Å². The van der Waals surface area contributed by atoms with Gasteiger partial charge in [-0.3, -0.25) is 0 Å². The van der Waals surface area contributed by atoms with E-state index in [1.807, 2.05) is 0 Å². The molecule has 1 aromatic carbocycles. The smallest absolute Gasteiger partial charge is 0.410 e. The largest absolute Gasteiger partial charge is 0.469 e. The molecule has 0 saturated heterocycles. The number of benzene rings is 1. The molecule has 0 fully saturated rings. The van der Waals surface area contributed by atoms with Gasteiger partial charge in [0.2, 0.25) is 5.88 Å². The van der Waals surface area contributed by atoms with Crippen LogP contribution in [0.4, 0.5) is 13.6 Å². The van der Waals surface area contributed by atoms with Crippen molar-refractivity contribution in [3.8, 4) is 17.1 Å². The average molecular weight is 576 g/mol. The van der Waals surface area contributed by atoms with Crippen LogP contribution in [-0.4, -0.2) is 52.4 Å². The summed E-state index contributed by atoms with van der Waals surface area (Å²) in [7, 11) is 0. The molecule has 0 N–H and O–H groups in total. The minimum absolute atomic E-state index is 0.0278. The van der Waals surface area contributed by atoms with Gasteiger partial charge in [0, 0.05) is 24.9 Å². The SMILES string of the molecule is CCOC(=O)C1=C(c2ccc(OCc3cc(-c4c(F)ccc(F)c4Cl)no3)nc2)CCN(C(=O)OC(C)(C)C)C1. The molecule has 0 aliphatic carbocycles. The van der Waals surface area contributed by atoms with Gasteiger partial charge in [-0.15, -0.1) is 0 Å².